The Morgan fingerprint density at radius 3 is 2.84 bits per heavy atom. The van der Waals surface area contributed by atoms with Gasteiger partial charge in [0.1, 0.15) is 0 Å². The molecule has 1 N–H and O–H groups in total. The monoisotopic (exact) mass is 446 g/mol. The molecule has 1 unspecified atom stereocenters. The summed E-state index contributed by atoms with van der Waals surface area (Å²) >= 11 is 7.91. The Labute approximate surface area is 191 Å². The van der Waals surface area contributed by atoms with E-state index in [-0.39, 0.29) is 11.9 Å². The number of hydrogen-bond acceptors (Lipinski definition) is 3. The number of halogens is 1. The third-order valence-corrected chi connectivity index (χ3v) is 7.33. The highest BCUT2D eigenvalue weighted by molar-refractivity contribution is 7.99. The van der Waals surface area contributed by atoms with Crippen molar-refractivity contribution in [1.82, 2.24) is 5.32 Å². The summed E-state index contributed by atoms with van der Waals surface area (Å²) in [7, 11) is 0. The topological polar surface area (TPSA) is 41.5 Å². The van der Waals surface area contributed by atoms with Gasteiger partial charge < -0.3 is 5.32 Å². The van der Waals surface area contributed by atoms with Crippen LogP contribution in [-0.2, 0) is 6.42 Å². The molecular weight excluding hydrogens is 424 g/mol. The van der Waals surface area contributed by atoms with Crippen LogP contribution in [0.15, 0.2) is 75.4 Å². The van der Waals surface area contributed by atoms with Crippen molar-refractivity contribution in [1.29, 1.82) is 0 Å². The zero-order valence-corrected chi connectivity index (χ0v) is 18.9. The number of carbonyl (C=O) groups is 1. The summed E-state index contributed by atoms with van der Waals surface area (Å²) in [6.07, 6.45) is 3.94. The van der Waals surface area contributed by atoms with Crippen LogP contribution in [0, 0.1) is 0 Å². The van der Waals surface area contributed by atoms with Crippen molar-refractivity contribution in [2.45, 2.75) is 48.4 Å². The molecule has 31 heavy (non-hydrogen) atoms. The quantitative estimate of drug-likeness (QED) is 0.464. The number of nitrogens with zero attached hydrogens (tertiary/aromatic N) is 1. The van der Waals surface area contributed by atoms with E-state index in [1.165, 1.54) is 11.1 Å². The number of aliphatic imine (C=N–C) groups is 1. The zero-order valence-electron chi connectivity index (χ0n) is 17.3. The lowest BCUT2D eigenvalue weighted by atomic mass is 9.87. The van der Waals surface area contributed by atoms with E-state index in [0.29, 0.717) is 10.6 Å². The van der Waals surface area contributed by atoms with Crippen molar-refractivity contribution in [2.75, 3.05) is 0 Å². The molecule has 0 saturated heterocycles. The van der Waals surface area contributed by atoms with Crippen LogP contribution in [0.25, 0.3) is 0 Å². The molecule has 1 heterocycles. The molecule has 2 aliphatic rings. The van der Waals surface area contributed by atoms with Crippen molar-refractivity contribution in [3.63, 3.8) is 0 Å². The maximum Gasteiger partial charge on any atom is 0.251 e. The number of benzene rings is 3. The Kier molecular flexibility index (Phi) is 5.59. The molecule has 1 aliphatic heterocycles. The van der Waals surface area contributed by atoms with Gasteiger partial charge in [-0.25, -0.2) is 0 Å². The number of carbonyl (C=O) groups excluding carboxylic acids is 1. The van der Waals surface area contributed by atoms with Crippen LogP contribution in [-0.4, -0.2) is 11.6 Å². The predicted octanol–water partition coefficient (Wildman–Crippen LogP) is 7.14. The highest BCUT2D eigenvalue weighted by Gasteiger charge is 2.23. The first-order valence-corrected chi connectivity index (χ1v) is 11.9. The lowest BCUT2D eigenvalue weighted by Crippen LogP contribution is -2.30. The average Bonchev–Trinajstić information content (AvgIpc) is 2.95. The molecule has 0 aromatic heterocycles. The maximum absolute atomic E-state index is 13.1. The normalized spacial score (nSPS) is 17.0. The third-order valence-electron chi connectivity index (χ3n) is 5.96. The van der Waals surface area contributed by atoms with E-state index >= 15 is 0 Å². The van der Waals surface area contributed by atoms with Gasteiger partial charge >= 0.3 is 0 Å². The Hall–Kier alpha value is -2.56. The predicted molar refractivity (Wildman–Crippen MR) is 128 cm³/mol. The van der Waals surface area contributed by atoms with Gasteiger partial charge in [0.25, 0.3) is 5.91 Å². The molecule has 0 fully saturated rings. The molecular formula is C26H23ClN2OS. The molecule has 3 nitrogen and oxygen atoms in total. The summed E-state index contributed by atoms with van der Waals surface area (Å²) in [5, 5.41) is 3.96. The Bertz CT molecular complexity index is 1200. The van der Waals surface area contributed by atoms with Crippen LogP contribution in [0.4, 0.5) is 5.69 Å². The fourth-order valence-electron chi connectivity index (χ4n) is 4.39. The van der Waals surface area contributed by atoms with Gasteiger partial charge in [-0.05, 0) is 73.2 Å². The largest absolute Gasteiger partial charge is 0.345 e. The molecule has 5 heteroatoms. The smallest absolute Gasteiger partial charge is 0.251 e. The molecule has 0 bridgehead atoms. The van der Waals surface area contributed by atoms with Crippen LogP contribution >= 0.6 is 23.4 Å². The van der Waals surface area contributed by atoms with E-state index in [1.54, 1.807) is 11.8 Å². The number of nitrogens with one attached hydrogen (secondary N) is 1. The molecule has 3 aromatic rings. The van der Waals surface area contributed by atoms with Crippen molar-refractivity contribution in [3.05, 3.63) is 87.9 Å². The molecule has 1 aliphatic carbocycles. The molecule has 3 aromatic carbocycles. The summed E-state index contributed by atoms with van der Waals surface area (Å²) < 4.78 is 0. The van der Waals surface area contributed by atoms with Gasteiger partial charge in [0.15, 0.2) is 0 Å². The number of aryl methyl sites for hydroxylation is 1. The molecule has 5 rings (SSSR count). The minimum atomic E-state index is -0.0486. The standard InChI is InChI=1S/C26H23ClN2OS/c1-2-21-20-15-18(27)11-13-24(20)31-25-12-10-17(14-23(25)28-21)26(30)29-22-9-5-7-16-6-3-4-8-19(16)22/h3-4,6,8,10-15,22H,2,5,7,9H2,1H3,(H,29,30). The average molecular weight is 447 g/mol. The van der Waals surface area contributed by atoms with Crippen LogP contribution in [0.5, 0.6) is 0 Å². The minimum absolute atomic E-state index is 0.0486. The summed E-state index contributed by atoms with van der Waals surface area (Å²) in [6.45, 7) is 2.09. The highest BCUT2D eigenvalue weighted by Crippen LogP contribution is 2.42. The lowest BCUT2D eigenvalue weighted by molar-refractivity contribution is 0.0932. The van der Waals surface area contributed by atoms with E-state index in [4.69, 9.17) is 16.6 Å². The number of fused-ring (bicyclic) bond motifs is 3. The molecule has 1 atom stereocenters. The van der Waals surface area contributed by atoms with E-state index in [2.05, 4.69) is 30.4 Å². The lowest BCUT2D eigenvalue weighted by Gasteiger charge is -2.26. The van der Waals surface area contributed by atoms with Crippen LogP contribution in [0.1, 0.15) is 59.3 Å². The number of amides is 1. The number of rotatable bonds is 3. The van der Waals surface area contributed by atoms with Gasteiger partial charge in [0, 0.05) is 31.7 Å². The van der Waals surface area contributed by atoms with Gasteiger partial charge in [0.2, 0.25) is 0 Å². The van der Waals surface area contributed by atoms with Crippen LogP contribution < -0.4 is 5.32 Å². The zero-order chi connectivity index (χ0) is 21.4. The van der Waals surface area contributed by atoms with Gasteiger partial charge in [-0.2, -0.15) is 0 Å². The van der Waals surface area contributed by atoms with Crippen LogP contribution in [0.3, 0.4) is 0 Å². The fraction of sp³-hybridized carbons (Fsp3) is 0.231. The third kappa shape index (κ3) is 4.02. The first-order valence-electron chi connectivity index (χ1n) is 10.7. The van der Waals surface area contributed by atoms with Gasteiger partial charge in [-0.15, -0.1) is 0 Å². The second-order valence-electron chi connectivity index (χ2n) is 7.95. The second kappa shape index (κ2) is 8.52. The van der Waals surface area contributed by atoms with Crippen molar-refractivity contribution in [3.8, 4) is 0 Å². The minimum Gasteiger partial charge on any atom is -0.345 e. The van der Waals surface area contributed by atoms with Crippen molar-refractivity contribution >= 4 is 40.7 Å². The highest BCUT2D eigenvalue weighted by atomic mass is 35.5. The number of hydrogen-bond donors (Lipinski definition) is 1. The van der Waals surface area contributed by atoms with Crippen molar-refractivity contribution < 1.29 is 4.79 Å². The Morgan fingerprint density at radius 1 is 1.13 bits per heavy atom. The van der Waals surface area contributed by atoms with Gasteiger partial charge in [0.05, 0.1) is 11.7 Å². The van der Waals surface area contributed by atoms with E-state index < -0.39 is 0 Å². The van der Waals surface area contributed by atoms with E-state index in [9.17, 15) is 4.79 Å². The van der Waals surface area contributed by atoms with Gasteiger partial charge in [-0.1, -0.05) is 54.6 Å². The maximum atomic E-state index is 13.1. The van der Waals surface area contributed by atoms with E-state index in [1.807, 2.05) is 42.5 Å². The molecule has 156 valence electrons. The Balaban J connectivity index is 1.45. The summed E-state index contributed by atoms with van der Waals surface area (Å²) in [4.78, 5) is 20.2. The fourth-order valence-corrected chi connectivity index (χ4v) is 5.57. The van der Waals surface area contributed by atoms with Gasteiger partial charge in [-0.3, -0.25) is 9.79 Å². The molecule has 0 radical (unpaired) electrons. The Morgan fingerprint density at radius 2 is 1.97 bits per heavy atom. The molecule has 0 spiro atoms. The summed E-state index contributed by atoms with van der Waals surface area (Å²) in [6, 6.07) is 20.2. The molecule has 1 amide bonds. The first-order chi connectivity index (χ1) is 15.1. The van der Waals surface area contributed by atoms with E-state index in [0.717, 1.165) is 52.4 Å². The first kappa shape index (κ1) is 20.3. The second-order valence-corrected chi connectivity index (χ2v) is 9.47. The molecule has 0 saturated carbocycles. The van der Waals surface area contributed by atoms with Crippen molar-refractivity contribution in [2.24, 2.45) is 4.99 Å². The SMILES string of the molecule is CCC1=Nc2cc(C(=O)NC3CCCc4ccccc43)ccc2Sc2ccc(Cl)cc21. The van der Waals surface area contributed by atoms with Crippen LogP contribution in [0.2, 0.25) is 5.02 Å². The summed E-state index contributed by atoms with van der Waals surface area (Å²) in [5.74, 6) is -0.0486. The summed E-state index contributed by atoms with van der Waals surface area (Å²) in [5.41, 5.74) is 6.12.